The number of likely N-dealkylation sites (N-methyl/N-ethyl adjacent to an activating group) is 1. The molecule has 8 nitrogen and oxygen atoms in total. The maximum atomic E-state index is 15.2. The molecule has 0 spiro atoms. The number of rotatable bonds is 11. The van der Waals surface area contributed by atoms with Crippen LogP contribution < -0.4 is 0 Å². The number of benzene rings is 2. The Hall–Kier alpha value is -3.46. The van der Waals surface area contributed by atoms with E-state index in [-0.39, 0.29) is 37.1 Å². The van der Waals surface area contributed by atoms with E-state index in [9.17, 15) is 14.4 Å². The highest BCUT2D eigenvalue weighted by atomic mass is 19.1. The molecular weight excluding hydrogens is 541 g/mol. The van der Waals surface area contributed by atoms with Gasteiger partial charge in [0.15, 0.2) is 0 Å². The number of carbonyl (C=O) groups is 3. The third kappa shape index (κ3) is 10.1. The van der Waals surface area contributed by atoms with Gasteiger partial charge in [0.25, 0.3) is 0 Å². The summed E-state index contributed by atoms with van der Waals surface area (Å²) < 4.78 is 37.3. The average molecular weight is 586 g/mol. The number of nitrogens with zero attached hydrogens (tertiary/aromatic N) is 1. The van der Waals surface area contributed by atoms with Crippen LogP contribution in [0, 0.1) is 11.7 Å². The molecule has 1 fully saturated rings. The van der Waals surface area contributed by atoms with E-state index in [1.54, 1.807) is 32.9 Å². The highest BCUT2D eigenvalue weighted by molar-refractivity contribution is 5.84. The fraction of sp³-hybridized carbons (Fsp3) is 0.545. The summed E-state index contributed by atoms with van der Waals surface area (Å²) in [6, 6.07) is 13.0. The van der Waals surface area contributed by atoms with Gasteiger partial charge in [0.2, 0.25) is 6.10 Å². The van der Waals surface area contributed by atoms with Crippen molar-refractivity contribution in [2.75, 3.05) is 20.3 Å². The minimum absolute atomic E-state index is 0.0159. The highest BCUT2D eigenvalue weighted by Gasteiger charge is 2.35. The Kier molecular flexibility index (Phi) is 11.9. The van der Waals surface area contributed by atoms with Crippen molar-refractivity contribution in [3.63, 3.8) is 0 Å². The van der Waals surface area contributed by atoms with E-state index in [4.69, 9.17) is 18.9 Å². The van der Waals surface area contributed by atoms with Gasteiger partial charge in [-0.25, -0.2) is 18.8 Å². The lowest BCUT2D eigenvalue weighted by Gasteiger charge is -2.31. The quantitative estimate of drug-likeness (QED) is 0.229. The summed E-state index contributed by atoms with van der Waals surface area (Å²) in [7, 11) is 1.47. The van der Waals surface area contributed by atoms with Gasteiger partial charge in [-0.1, -0.05) is 56.3 Å². The molecule has 1 aliphatic heterocycles. The molecule has 0 radical (unpaired) electrons. The molecule has 0 aliphatic carbocycles. The molecule has 1 unspecified atom stereocenters. The van der Waals surface area contributed by atoms with Crippen molar-refractivity contribution in [3.05, 3.63) is 71.0 Å². The van der Waals surface area contributed by atoms with Crippen molar-refractivity contribution in [1.29, 1.82) is 0 Å². The van der Waals surface area contributed by atoms with E-state index in [2.05, 4.69) is 0 Å². The number of hydrogen-bond acceptors (Lipinski definition) is 7. The summed E-state index contributed by atoms with van der Waals surface area (Å²) in [5, 5.41) is 0. The first-order valence-corrected chi connectivity index (χ1v) is 14.6. The Bertz CT molecular complexity index is 1190. The van der Waals surface area contributed by atoms with E-state index in [0.29, 0.717) is 24.3 Å². The maximum absolute atomic E-state index is 15.2. The van der Waals surface area contributed by atoms with Gasteiger partial charge in [-0.05, 0) is 74.6 Å². The number of halogens is 1. The molecule has 2 atom stereocenters. The lowest BCUT2D eigenvalue weighted by molar-refractivity contribution is -0.171. The standard InChI is InChI=1S/C33H44FNO7/c1-22(2)18-28(35(6)32(38)42-33(3,4)5)30(36)41-29(31(37)40-21-23-10-8-7-9-11-23)20-24-12-13-26(27(34)19-24)25-14-16-39-17-15-25/h7-13,19,22,25,28-29H,14-18,20-21H2,1-6H3/t28-,29?/m0/s1. The lowest BCUT2D eigenvalue weighted by Crippen LogP contribution is -2.47. The second-order valence-electron chi connectivity index (χ2n) is 12.2. The largest absolute Gasteiger partial charge is 0.458 e. The van der Waals surface area contributed by atoms with Crippen LogP contribution in [0.15, 0.2) is 48.5 Å². The minimum atomic E-state index is -1.35. The molecule has 0 bridgehead atoms. The van der Waals surface area contributed by atoms with Crippen molar-refractivity contribution in [3.8, 4) is 0 Å². The van der Waals surface area contributed by atoms with Gasteiger partial charge in [-0.2, -0.15) is 0 Å². The Morgan fingerprint density at radius 3 is 2.26 bits per heavy atom. The van der Waals surface area contributed by atoms with E-state index in [1.165, 1.54) is 18.0 Å². The molecule has 1 amide bonds. The Morgan fingerprint density at radius 2 is 1.67 bits per heavy atom. The van der Waals surface area contributed by atoms with Gasteiger partial charge < -0.3 is 18.9 Å². The third-order valence-corrected chi connectivity index (χ3v) is 7.01. The minimum Gasteiger partial charge on any atom is -0.458 e. The number of ether oxygens (including phenoxy) is 4. The average Bonchev–Trinajstić information content (AvgIpc) is 2.94. The predicted octanol–water partition coefficient (Wildman–Crippen LogP) is 6.20. The van der Waals surface area contributed by atoms with Crippen LogP contribution in [0.25, 0.3) is 0 Å². The van der Waals surface area contributed by atoms with Crippen LogP contribution in [0.2, 0.25) is 0 Å². The molecule has 0 saturated carbocycles. The Labute approximate surface area is 248 Å². The fourth-order valence-corrected chi connectivity index (χ4v) is 4.79. The van der Waals surface area contributed by atoms with Gasteiger partial charge >= 0.3 is 18.0 Å². The van der Waals surface area contributed by atoms with Crippen molar-refractivity contribution in [2.24, 2.45) is 5.92 Å². The SMILES string of the molecule is CC(C)C[C@@H](C(=O)OC(Cc1ccc(C2CCOCC2)c(F)c1)C(=O)OCc1ccccc1)N(C)C(=O)OC(C)(C)C. The van der Waals surface area contributed by atoms with Crippen LogP contribution in [0.3, 0.4) is 0 Å². The smallest absolute Gasteiger partial charge is 0.410 e. The monoisotopic (exact) mass is 585 g/mol. The molecule has 1 heterocycles. The second kappa shape index (κ2) is 15.1. The molecule has 2 aromatic carbocycles. The molecule has 1 saturated heterocycles. The molecule has 0 N–H and O–H groups in total. The number of hydrogen-bond donors (Lipinski definition) is 0. The predicted molar refractivity (Wildman–Crippen MR) is 156 cm³/mol. The highest BCUT2D eigenvalue weighted by Crippen LogP contribution is 2.30. The summed E-state index contributed by atoms with van der Waals surface area (Å²) in [6.07, 6.45) is -0.352. The number of esters is 2. The molecular formula is C33H44FNO7. The van der Waals surface area contributed by atoms with Crippen molar-refractivity contribution in [1.82, 2.24) is 4.90 Å². The first-order valence-electron chi connectivity index (χ1n) is 14.6. The van der Waals surface area contributed by atoms with Crippen LogP contribution in [-0.2, 0) is 41.6 Å². The Balaban J connectivity index is 1.82. The topological polar surface area (TPSA) is 91.4 Å². The Morgan fingerprint density at radius 1 is 1.00 bits per heavy atom. The van der Waals surface area contributed by atoms with Crippen molar-refractivity contribution < 1.29 is 37.7 Å². The lowest BCUT2D eigenvalue weighted by atomic mass is 9.90. The molecule has 0 aromatic heterocycles. The summed E-state index contributed by atoms with van der Waals surface area (Å²) in [5.41, 5.74) is 1.10. The van der Waals surface area contributed by atoms with Crippen LogP contribution in [0.5, 0.6) is 0 Å². The zero-order valence-corrected chi connectivity index (χ0v) is 25.6. The van der Waals surface area contributed by atoms with Gasteiger partial charge in [0.1, 0.15) is 24.1 Å². The zero-order valence-electron chi connectivity index (χ0n) is 25.6. The van der Waals surface area contributed by atoms with Crippen LogP contribution >= 0.6 is 0 Å². The van der Waals surface area contributed by atoms with E-state index in [1.807, 2.05) is 44.2 Å². The molecule has 42 heavy (non-hydrogen) atoms. The zero-order chi connectivity index (χ0) is 30.9. The van der Waals surface area contributed by atoms with Crippen molar-refractivity contribution in [2.45, 2.75) is 90.6 Å². The van der Waals surface area contributed by atoms with Gasteiger partial charge in [0, 0.05) is 26.7 Å². The van der Waals surface area contributed by atoms with Gasteiger partial charge in [0.05, 0.1) is 0 Å². The number of carbonyl (C=O) groups excluding carboxylic acids is 3. The summed E-state index contributed by atoms with van der Waals surface area (Å²) >= 11 is 0. The van der Waals surface area contributed by atoms with Crippen LogP contribution in [0.1, 0.15) is 76.5 Å². The van der Waals surface area contributed by atoms with Crippen molar-refractivity contribution >= 4 is 18.0 Å². The fourth-order valence-electron chi connectivity index (χ4n) is 4.79. The molecule has 9 heteroatoms. The van der Waals surface area contributed by atoms with E-state index in [0.717, 1.165) is 18.4 Å². The summed E-state index contributed by atoms with van der Waals surface area (Å²) in [6.45, 7) is 10.2. The normalized spacial score (nSPS) is 15.5. The first-order chi connectivity index (χ1) is 19.8. The molecule has 230 valence electrons. The third-order valence-electron chi connectivity index (χ3n) is 7.01. The van der Waals surface area contributed by atoms with Crippen LogP contribution in [0.4, 0.5) is 9.18 Å². The van der Waals surface area contributed by atoms with Gasteiger partial charge in [-0.15, -0.1) is 0 Å². The summed E-state index contributed by atoms with van der Waals surface area (Å²) in [4.78, 5) is 40.8. The molecule has 2 aromatic rings. The maximum Gasteiger partial charge on any atom is 0.410 e. The molecule has 1 aliphatic rings. The number of amides is 1. The first kappa shape index (κ1) is 33.0. The molecule has 3 rings (SSSR count). The van der Waals surface area contributed by atoms with Crippen LogP contribution in [-0.4, -0.2) is 60.9 Å². The van der Waals surface area contributed by atoms with E-state index < -0.39 is 35.8 Å². The summed E-state index contributed by atoms with van der Waals surface area (Å²) in [5.74, 6) is -1.80. The second-order valence-corrected chi connectivity index (χ2v) is 12.2. The van der Waals surface area contributed by atoms with E-state index >= 15 is 4.39 Å². The van der Waals surface area contributed by atoms with Gasteiger partial charge in [-0.3, -0.25) is 4.90 Å².